The largest absolute Gasteiger partial charge is 0.462 e. The summed E-state index contributed by atoms with van der Waals surface area (Å²) in [4.78, 5) is 11.6. The van der Waals surface area contributed by atoms with Gasteiger partial charge in [0, 0.05) is 6.42 Å². The van der Waals surface area contributed by atoms with Crippen molar-refractivity contribution >= 4 is 5.97 Å². The van der Waals surface area contributed by atoms with Crippen LogP contribution in [0.4, 0.5) is 0 Å². The number of hydrogen-bond donors (Lipinski definition) is 0. The molecule has 2 unspecified atom stereocenters. The van der Waals surface area contributed by atoms with Crippen LogP contribution in [0.1, 0.15) is 37.7 Å². The molecule has 1 aliphatic heterocycles. The van der Waals surface area contributed by atoms with Crippen molar-refractivity contribution in [2.75, 3.05) is 0 Å². The molecule has 1 saturated heterocycles. The third kappa shape index (κ3) is 2.20. The van der Waals surface area contributed by atoms with Crippen LogP contribution in [-0.2, 0) is 9.53 Å². The Morgan fingerprint density at radius 2 is 2.07 bits per heavy atom. The molecule has 1 aromatic rings. The molecule has 0 spiro atoms. The predicted octanol–water partition coefficient (Wildman–Crippen LogP) is 2.89. The fraction of sp³-hybridized carbons (Fsp3) is 0.462. The Labute approximate surface area is 90.3 Å². The van der Waals surface area contributed by atoms with E-state index in [9.17, 15) is 4.79 Å². The summed E-state index contributed by atoms with van der Waals surface area (Å²) in [5.41, 5.74) is 1.08. The van der Waals surface area contributed by atoms with Gasteiger partial charge in [0.05, 0.1) is 5.92 Å². The maximum atomic E-state index is 11.6. The second-order valence-electron chi connectivity index (χ2n) is 4.05. The Balaban J connectivity index is 2.09. The summed E-state index contributed by atoms with van der Waals surface area (Å²) in [5.74, 6) is -0.0950. The van der Waals surface area contributed by atoms with Crippen molar-refractivity contribution in [2.45, 2.75) is 38.2 Å². The van der Waals surface area contributed by atoms with Crippen molar-refractivity contribution in [3.8, 4) is 0 Å². The third-order valence-electron chi connectivity index (χ3n) is 2.88. The Bertz CT molecular complexity index is 332. The van der Waals surface area contributed by atoms with Crippen LogP contribution in [0.5, 0.6) is 0 Å². The first-order valence-electron chi connectivity index (χ1n) is 5.56. The Morgan fingerprint density at radius 1 is 1.33 bits per heavy atom. The molecule has 2 nitrogen and oxygen atoms in total. The van der Waals surface area contributed by atoms with Crippen LogP contribution >= 0.6 is 0 Å². The summed E-state index contributed by atoms with van der Waals surface area (Å²) in [6, 6.07) is 9.90. The molecule has 0 N–H and O–H groups in total. The van der Waals surface area contributed by atoms with Crippen molar-refractivity contribution in [2.24, 2.45) is 0 Å². The number of esters is 1. The molecule has 1 heterocycles. The van der Waals surface area contributed by atoms with E-state index in [0.29, 0.717) is 0 Å². The summed E-state index contributed by atoms with van der Waals surface area (Å²) >= 11 is 0. The normalized spacial score (nSPS) is 25.3. The number of rotatable bonds is 3. The number of cyclic esters (lactones) is 1. The van der Waals surface area contributed by atoms with E-state index in [2.05, 4.69) is 6.92 Å². The van der Waals surface area contributed by atoms with Crippen LogP contribution in [0.2, 0.25) is 0 Å². The smallest absolute Gasteiger partial charge is 0.313 e. The Kier molecular flexibility index (Phi) is 3.05. The van der Waals surface area contributed by atoms with Crippen LogP contribution in [0.3, 0.4) is 0 Å². The van der Waals surface area contributed by atoms with Crippen molar-refractivity contribution in [3.63, 3.8) is 0 Å². The fourth-order valence-electron chi connectivity index (χ4n) is 2.11. The first kappa shape index (κ1) is 10.2. The highest BCUT2D eigenvalue weighted by Crippen LogP contribution is 2.32. The van der Waals surface area contributed by atoms with Crippen LogP contribution in [-0.4, -0.2) is 12.1 Å². The minimum absolute atomic E-state index is 0.0391. The van der Waals surface area contributed by atoms with E-state index in [1.165, 1.54) is 0 Å². The van der Waals surface area contributed by atoms with Gasteiger partial charge in [0.15, 0.2) is 0 Å². The van der Waals surface area contributed by atoms with Gasteiger partial charge in [0.2, 0.25) is 0 Å². The zero-order valence-corrected chi connectivity index (χ0v) is 8.98. The topological polar surface area (TPSA) is 26.3 Å². The predicted molar refractivity (Wildman–Crippen MR) is 58.6 cm³/mol. The highest BCUT2D eigenvalue weighted by atomic mass is 16.5. The lowest BCUT2D eigenvalue weighted by Crippen LogP contribution is -2.06. The summed E-state index contributed by atoms with van der Waals surface area (Å²) in [5, 5.41) is 0. The molecule has 1 aliphatic rings. The van der Waals surface area contributed by atoms with E-state index in [-0.39, 0.29) is 18.0 Å². The van der Waals surface area contributed by atoms with Gasteiger partial charge in [-0.3, -0.25) is 4.79 Å². The Hall–Kier alpha value is -1.31. The second-order valence-corrected chi connectivity index (χ2v) is 4.05. The average molecular weight is 204 g/mol. The highest BCUT2D eigenvalue weighted by Gasteiger charge is 2.34. The molecule has 2 rings (SSSR count). The molecule has 2 atom stereocenters. The average Bonchev–Trinajstić information content (AvgIpc) is 2.61. The van der Waals surface area contributed by atoms with Gasteiger partial charge in [-0.05, 0) is 12.0 Å². The second kappa shape index (κ2) is 4.47. The quantitative estimate of drug-likeness (QED) is 0.708. The molecule has 0 aromatic heterocycles. The van der Waals surface area contributed by atoms with Crippen molar-refractivity contribution < 1.29 is 9.53 Å². The molecular formula is C13H16O2. The minimum Gasteiger partial charge on any atom is -0.462 e. The van der Waals surface area contributed by atoms with E-state index >= 15 is 0 Å². The number of benzene rings is 1. The van der Waals surface area contributed by atoms with Gasteiger partial charge in [-0.25, -0.2) is 0 Å². The lowest BCUT2D eigenvalue weighted by atomic mass is 9.95. The summed E-state index contributed by atoms with van der Waals surface area (Å²) < 4.78 is 5.33. The van der Waals surface area contributed by atoms with Gasteiger partial charge in [0.25, 0.3) is 0 Å². The van der Waals surface area contributed by atoms with Gasteiger partial charge < -0.3 is 4.74 Å². The molecular weight excluding hydrogens is 188 g/mol. The van der Waals surface area contributed by atoms with Crippen molar-refractivity contribution in [1.29, 1.82) is 0 Å². The van der Waals surface area contributed by atoms with Gasteiger partial charge in [-0.2, -0.15) is 0 Å². The maximum absolute atomic E-state index is 11.6. The van der Waals surface area contributed by atoms with Crippen molar-refractivity contribution in [1.82, 2.24) is 0 Å². The fourth-order valence-corrected chi connectivity index (χ4v) is 2.11. The van der Waals surface area contributed by atoms with Crippen molar-refractivity contribution in [3.05, 3.63) is 35.9 Å². The number of carbonyl (C=O) groups excluding carboxylic acids is 1. The first-order valence-corrected chi connectivity index (χ1v) is 5.56. The maximum Gasteiger partial charge on any atom is 0.313 e. The van der Waals surface area contributed by atoms with E-state index < -0.39 is 0 Å². The molecule has 1 aromatic carbocycles. The molecule has 0 radical (unpaired) electrons. The molecule has 80 valence electrons. The van der Waals surface area contributed by atoms with E-state index in [0.717, 1.165) is 24.8 Å². The number of hydrogen-bond acceptors (Lipinski definition) is 2. The zero-order valence-electron chi connectivity index (χ0n) is 8.98. The summed E-state index contributed by atoms with van der Waals surface area (Å²) in [6.07, 6.45) is 3.03. The van der Waals surface area contributed by atoms with E-state index in [1.807, 2.05) is 30.3 Å². The van der Waals surface area contributed by atoms with Gasteiger partial charge in [-0.15, -0.1) is 0 Å². The zero-order chi connectivity index (χ0) is 10.7. The summed E-state index contributed by atoms with van der Waals surface area (Å²) in [6.45, 7) is 2.11. The molecule has 0 aliphatic carbocycles. The lowest BCUT2D eigenvalue weighted by molar-refractivity contribution is -0.142. The monoisotopic (exact) mass is 204 g/mol. The number of carbonyl (C=O) groups is 1. The molecule has 0 amide bonds. The highest BCUT2D eigenvalue weighted by molar-refractivity contribution is 5.80. The molecule has 1 fully saturated rings. The van der Waals surface area contributed by atoms with Crippen LogP contribution in [0.25, 0.3) is 0 Å². The van der Waals surface area contributed by atoms with Gasteiger partial charge >= 0.3 is 5.97 Å². The molecule has 0 bridgehead atoms. The number of ether oxygens (including phenoxy) is 1. The molecule has 0 saturated carbocycles. The molecule has 2 heteroatoms. The first-order chi connectivity index (χ1) is 7.31. The van der Waals surface area contributed by atoms with Crippen LogP contribution < -0.4 is 0 Å². The van der Waals surface area contributed by atoms with E-state index in [4.69, 9.17) is 4.74 Å². The molecule has 15 heavy (non-hydrogen) atoms. The standard InChI is InChI=1S/C13H16O2/c1-2-6-11-9-12(13(14)15-11)10-7-4-3-5-8-10/h3-5,7-8,11-12H,2,6,9H2,1H3. The SMILES string of the molecule is CCCC1CC(c2ccccc2)C(=O)O1. The lowest BCUT2D eigenvalue weighted by Gasteiger charge is -2.05. The minimum atomic E-state index is -0.0559. The van der Waals surface area contributed by atoms with Crippen LogP contribution in [0.15, 0.2) is 30.3 Å². The summed E-state index contributed by atoms with van der Waals surface area (Å²) in [7, 11) is 0. The van der Waals surface area contributed by atoms with E-state index in [1.54, 1.807) is 0 Å². The Morgan fingerprint density at radius 3 is 2.73 bits per heavy atom. The van der Waals surface area contributed by atoms with Crippen LogP contribution in [0, 0.1) is 0 Å². The van der Waals surface area contributed by atoms with Gasteiger partial charge in [0.1, 0.15) is 6.10 Å². The van der Waals surface area contributed by atoms with Gasteiger partial charge in [-0.1, -0.05) is 43.7 Å². The third-order valence-corrected chi connectivity index (χ3v) is 2.88.